The molecule has 0 aromatic heterocycles. The lowest BCUT2D eigenvalue weighted by Gasteiger charge is -2.31. The summed E-state index contributed by atoms with van der Waals surface area (Å²) in [7, 11) is 0. The largest absolute Gasteiger partial charge is 0.330 e. The summed E-state index contributed by atoms with van der Waals surface area (Å²) in [4.78, 5) is 0. The smallest absolute Gasteiger partial charge is 0.00773 e. The van der Waals surface area contributed by atoms with Crippen molar-refractivity contribution in [2.24, 2.45) is 23.5 Å². The van der Waals surface area contributed by atoms with E-state index in [0.717, 1.165) is 24.3 Å². The zero-order chi connectivity index (χ0) is 14.6. The molecule has 0 aromatic rings. The van der Waals surface area contributed by atoms with Gasteiger partial charge in [0.1, 0.15) is 0 Å². The molecule has 1 saturated carbocycles. The van der Waals surface area contributed by atoms with Crippen molar-refractivity contribution >= 4 is 0 Å². The van der Waals surface area contributed by atoms with E-state index in [4.69, 9.17) is 5.73 Å². The first-order chi connectivity index (χ1) is 9.74. The fourth-order valence-electron chi connectivity index (χ4n) is 3.84. The van der Waals surface area contributed by atoms with E-state index in [-0.39, 0.29) is 0 Å². The van der Waals surface area contributed by atoms with Crippen molar-refractivity contribution in [2.75, 3.05) is 6.54 Å². The molecule has 2 N–H and O–H groups in total. The van der Waals surface area contributed by atoms with Gasteiger partial charge < -0.3 is 5.73 Å². The van der Waals surface area contributed by atoms with Gasteiger partial charge in [-0.05, 0) is 37.1 Å². The van der Waals surface area contributed by atoms with Crippen molar-refractivity contribution in [3.05, 3.63) is 0 Å². The van der Waals surface area contributed by atoms with E-state index < -0.39 is 0 Å². The minimum absolute atomic E-state index is 0.874. The maximum atomic E-state index is 5.51. The monoisotopic (exact) mass is 281 g/mol. The minimum atomic E-state index is 0.874. The molecular formula is C19H39N. The Labute approximate surface area is 128 Å². The summed E-state index contributed by atoms with van der Waals surface area (Å²) in [5.41, 5.74) is 5.51. The first-order valence-electron chi connectivity index (χ1n) is 9.44. The van der Waals surface area contributed by atoms with Gasteiger partial charge in [-0.15, -0.1) is 0 Å². The molecule has 0 bridgehead atoms. The quantitative estimate of drug-likeness (QED) is 0.467. The van der Waals surface area contributed by atoms with E-state index in [1.165, 1.54) is 83.5 Å². The highest BCUT2D eigenvalue weighted by atomic mass is 14.5. The van der Waals surface area contributed by atoms with Crippen molar-refractivity contribution in [3.8, 4) is 0 Å². The third kappa shape index (κ3) is 8.29. The Morgan fingerprint density at radius 1 is 0.850 bits per heavy atom. The molecule has 1 fully saturated rings. The van der Waals surface area contributed by atoms with Crippen molar-refractivity contribution in [3.63, 3.8) is 0 Å². The van der Waals surface area contributed by atoms with Gasteiger partial charge in [-0.3, -0.25) is 0 Å². The van der Waals surface area contributed by atoms with Crippen LogP contribution in [-0.4, -0.2) is 6.54 Å². The average molecular weight is 282 g/mol. The second-order valence-electron chi connectivity index (χ2n) is 7.44. The fraction of sp³-hybridized carbons (Fsp3) is 1.00. The topological polar surface area (TPSA) is 26.0 Å². The number of nitrogens with two attached hydrogens (primary N) is 1. The van der Waals surface area contributed by atoms with Crippen LogP contribution in [0.15, 0.2) is 0 Å². The van der Waals surface area contributed by atoms with Gasteiger partial charge in [0.25, 0.3) is 0 Å². The van der Waals surface area contributed by atoms with E-state index in [9.17, 15) is 0 Å². The maximum absolute atomic E-state index is 5.51. The Bertz CT molecular complexity index is 212. The normalized spacial score (nSPS) is 23.4. The highest BCUT2D eigenvalue weighted by molar-refractivity contribution is 4.75. The highest BCUT2D eigenvalue weighted by Gasteiger charge is 2.23. The Balaban J connectivity index is 1.91. The van der Waals surface area contributed by atoms with Crippen LogP contribution >= 0.6 is 0 Å². The second-order valence-corrected chi connectivity index (χ2v) is 7.44. The lowest BCUT2D eigenvalue weighted by atomic mass is 9.74. The van der Waals surface area contributed by atoms with Crippen LogP contribution in [0.1, 0.15) is 97.3 Å². The average Bonchev–Trinajstić information content (AvgIpc) is 2.46. The maximum Gasteiger partial charge on any atom is -0.00773 e. The predicted octanol–water partition coefficient (Wildman–Crippen LogP) is 5.92. The molecule has 0 amide bonds. The summed E-state index contributed by atoms with van der Waals surface area (Å²) < 4.78 is 0. The van der Waals surface area contributed by atoms with E-state index >= 15 is 0 Å². The van der Waals surface area contributed by atoms with Crippen LogP contribution in [0.25, 0.3) is 0 Å². The van der Waals surface area contributed by atoms with Crippen LogP contribution in [0.3, 0.4) is 0 Å². The summed E-state index contributed by atoms with van der Waals surface area (Å²) in [6, 6.07) is 0. The van der Waals surface area contributed by atoms with Gasteiger partial charge in [0.15, 0.2) is 0 Å². The van der Waals surface area contributed by atoms with E-state index in [2.05, 4.69) is 13.8 Å². The number of rotatable bonds is 11. The Kier molecular flexibility index (Phi) is 10.4. The molecule has 1 aliphatic carbocycles. The second kappa shape index (κ2) is 11.6. The van der Waals surface area contributed by atoms with Crippen LogP contribution in [-0.2, 0) is 0 Å². The van der Waals surface area contributed by atoms with Crippen LogP contribution in [0.2, 0.25) is 0 Å². The van der Waals surface area contributed by atoms with E-state index in [1.807, 2.05) is 0 Å². The Morgan fingerprint density at radius 2 is 1.45 bits per heavy atom. The molecule has 0 heterocycles. The molecule has 0 aromatic carbocycles. The molecule has 2 atom stereocenters. The van der Waals surface area contributed by atoms with Crippen LogP contribution in [0.4, 0.5) is 0 Å². The third-order valence-electron chi connectivity index (χ3n) is 5.33. The standard InChI is InChI=1S/C19H39N/c1-17(2)19-14-11-13-18(16-19)12-9-7-5-3-4-6-8-10-15-20/h17-19H,3-16,20H2,1-2H3. The molecule has 20 heavy (non-hydrogen) atoms. The fourth-order valence-corrected chi connectivity index (χ4v) is 3.84. The molecule has 1 nitrogen and oxygen atoms in total. The number of unbranched alkanes of at least 4 members (excludes halogenated alkanes) is 7. The molecular weight excluding hydrogens is 242 g/mol. The lowest BCUT2D eigenvalue weighted by Crippen LogP contribution is -2.19. The van der Waals surface area contributed by atoms with Gasteiger partial charge in [0.2, 0.25) is 0 Å². The molecule has 1 heteroatoms. The zero-order valence-electron chi connectivity index (χ0n) is 14.2. The summed E-state index contributed by atoms with van der Waals surface area (Å²) in [6.07, 6.45) is 18.8. The van der Waals surface area contributed by atoms with Gasteiger partial charge in [0, 0.05) is 0 Å². The number of hydrogen-bond donors (Lipinski definition) is 1. The van der Waals surface area contributed by atoms with Gasteiger partial charge in [0.05, 0.1) is 0 Å². The molecule has 1 rings (SSSR count). The van der Waals surface area contributed by atoms with E-state index in [0.29, 0.717) is 0 Å². The predicted molar refractivity (Wildman–Crippen MR) is 90.9 cm³/mol. The van der Waals surface area contributed by atoms with Gasteiger partial charge >= 0.3 is 0 Å². The van der Waals surface area contributed by atoms with E-state index in [1.54, 1.807) is 0 Å². The molecule has 0 radical (unpaired) electrons. The van der Waals surface area contributed by atoms with Crippen molar-refractivity contribution in [2.45, 2.75) is 97.3 Å². The van der Waals surface area contributed by atoms with Gasteiger partial charge in [-0.2, -0.15) is 0 Å². The summed E-state index contributed by atoms with van der Waals surface area (Å²) >= 11 is 0. The first kappa shape index (κ1) is 18.0. The molecule has 0 aliphatic heterocycles. The van der Waals surface area contributed by atoms with Crippen molar-refractivity contribution in [1.29, 1.82) is 0 Å². The van der Waals surface area contributed by atoms with Gasteiger partial charge in [-0.1, -0.05) is 84.5 Å². The summed E-state index contributed by atoms with van der Waals surface area (Å²) in [6.45, 7) is 5.70. The SMILES string of the molecule is CC(C)C1CCCC(CCCCCCCCCCN)C1. The molecule has 120 valence electrons. The molecule has 1 aliphatic rings. The molecule has 2 unspecified atom stereocenters. The van der Waals surface area contributed by atoms with Crippen molar-refractivity contribution in [1.82, 2.24) is 0 Å². The highest BCUT2D eigenvalue weighted by Crippen LogP contribution is 2.36. The minimum Gasteiger partial charge on any atom is -0.330 e. The summed E-state index contributed by atoms with van der Waals surface area (Å²) in [5, 5.41) is 0. The van der Waals surface area contributed by atoms with Crippen LogP contribution in [0.5, 0.6) is 0 Å². The Hall–Kier alpha value is -0.0400. The Morgan fingerprint density at radius 3 is 2.05 bits per heavy atom. The number of hydrogen-bond acceptors (Lipinski definition) is 1. The molecule has 0 saturated heterocycles. The third-order valence-corrected chi connectivity index (χ3v) is 5.33. The summed E-state index contributed by atoms with van der Waals surface area (Å²) in [5.74, 6) is 2.99. The van der Waals surface area contributed by atoms with Crippen LogP contribution in [0, 0.1) is 17.8 Å². The van der Waals surface area contributed by atoms with Crippen LogP contribution < -0.4 is 5.73 Å². The molecule has 0 spiro atoms. The van der Waals surface area contributed by atoms with Gasteiger partial charge in [-0.25, -0.2) is 0 Å². The first-order valence-corrected chi connectivity index (χ1v) is 9.44. The lowest BCUT2D eigenvalue weighted by molar-refractivity contribution is 0.203. The van der Waals surface area contributed by atoms with Crippen molar-refractivity contribution < 1.29 is 0 Å². The zero-order valence-corrected chi connectivity index (χ0v) is 14.2.